The number of fused-ring (bicyclic) bond motifs is 1. The topological polar surface area (TPSA) is 29.3 Å². The normalized spacial score (nSPS) is 24.1. The van der Waals surface area contributed by atoms with Gasteiger partial charge in [0.15, 0.2) is 0 Å². The van der Waals surface area contributed by atoms with Crippen molar-refractivity contribution in [1.82, 2.24) is 4.90 Å². The Labute approximate surface area is 104 Å². The van der Waals surface area contributed by atoms with Gasteiger partial charge in [-0.05, 0) is 48.8 Å². The molecule has 1 aliphatic heterocycles. The zero-order valence-corrected chi connectivity index (χ0v) is 10.9. The van der Waals surface area contributed by atoms with E-state index in [-0.39, 0.29) is 0 Å². The highest BCUT2D eigenvalue weighted by Gasteiger charge is 2.45. The number of benzene rings is 1. The molecule has 1 atom stereocenters. The van der Waals surface area contributed by atoms with Crippen molar-refractivity contribution < 1.29 is 0 Å². The van der Waals surface area contributed by atoms with Gasteiger partial charge in [0.25, 0.3) is 0 Å². The van der Waals surface area contributed by atoms with Crippen LogP contribution in [0.4, 0.5) is 5.69 Å². The molecule has 0 bridgehead atoms. The standard InChI is InChI=1S/C15H22N2/c1-11(15(2)7-8-15)17-9-6-12-4-3-5-14(16)13(12)10-17/h3-5,11H,6-10,16H2,1-2H3. The van der Waals surface area contributed by atoms with Crippen molar-refractivity contribution >= 4 is 5.69 Å². The SMILES string of the molecule is CC(N1CCc2cccc(N)c2C1)C1(C)CC1. The molecule has 2 heteroatoms. The lowest BCUT2D eigenvalue weighted by Gasteiger charge is -2.37. The molecule has 1 aromatic rings. The fraction of sp³-hybridized carbons (Fsp3) is 0.600. The molecule has 2 N–H and O–H groups in total. The third kappa shape index (κ3) is 1.85. The first-order valence-corrected chi connectivity index (χ1v) is 6.70. The first-order chi connectivity index (χ1) is 8.10. The summed E-state index contributed by atoms with van der Waals surface area (Å²) in [7, 11) is 0. The van der Waals surface area contributed by atoms with Gasteiger partial charge in [0.1, 0.15) is 0 Å². The molecule has 1 aliphatic carbocycles. The number of hydrogen-bond acceptors (Lipinski definition) is 2. The van der Waals surface area contributed by atoms with Crippen LogP contribution in [0.1, 0.15) is 37.8 Å². The van der Waals surface area contributed by atoms with Gasteiger partial charge in [-0.1, -0.05) is 19.1 Å². The third-order valence-corrected chi connectivity index (χ3v) is 4.93. The maximum absolute atomic E-state index is 6.10. The fourth-order valence-electron chi connectivity index (χ4n) is 3.01. The van der Waals surface area contributed by atoms with Crippen LogP contribution in [-0.2, 0) is 13.0 Å². The van der Waals surface area contributed by atoms with Gasteiger partial charge in [0.2, 0.25) is 0 Å². The summed E-state index contributed by atoms with van der Waals surface area (Å²) in [5.41, 5.74) is 10.5. The average molecular weight is 230 g/mol. The fourth-order valence-corrected chi connectivity index (χ4v) is 3.01. The van der Waals surface area contributed by atoms with E-state index in [1.807, 2.05) is 6.07 Å². The second kappa shape index (κ2) is 3.74. The van der Waals surface area contributed by atoms with Crippen LogP contribution in [0.3, 0.4) is 0 Å². The summed E-state index contributed by atoms with van der Waals surface area (Å²) < 4.78 is 0. The molecular weight excluding hydrogens is 208 g/mol. The minimum absolute atomic E-state index is 0.570. The molecule has 17 heavy (non-hydrogen) atoms. The minimum Gasteiger partial charge on any atom is -0.398 e. The van der Waals surface area contributed by atoms with E-state index in [2.05, 4.69) is 30.9 Å². The van der Waals surface area contributed by atoms with Gasteiger partial charge in [0, 0.05) is 24.8 Å². The molecule has 2 aliphatic rings. The van der Waals surface area contributed by atoms with E-state index < -0.39 is 0 Å². The van der Waals surface area contributed by atoms with Crippen LogP contribution < -0.4 is 5.73 Å². The number of nitrogen functional groups attached to an aromatic ring is 1. The lowest BCUT2D eigenvalue weighted by Crippen LogP contribution is -2.42. The van der Waals surface area contributed by atoms with Crippen molar-refractivity contribution in [2.75, 3.05) is 12.3 Å². The van der Waals surface area contributed by atoms with Crippen LogP contribution in [0.25, 0.3) is 0 Å². The van der Waals surface area contributed by atoms with Gasteiger partial charge in [-0.25, -0.2) is 0 Å². The van der Waals surface area contributed by atoms with E-state index in [0.29, 0.717) is 11.5 Å². The molecule has 0 radical (unpaired) electrons. The highest BCUT2D eigenvalue weighted by Crippen LogP contribution is 2.50. The second-order valence-corrected chi connectivity index (χ2v) is 6.04. The summed E-state index contributed by atoms with van der Waals surface area (Å²) in [6.45, 7) is 7.03. The summed E-state index contributed by atoms with van der Waals surface area (Å²) >= 11 is 0. The number of nitrogens with two attached hydrogens (primary N) is 1. The zero-order valence-electron chi connectivity index (χ0n) is 10.9. The molecular formula is C15H22N2. The van der Waals surface area contributed by atoms with Crippen molar-refractivity contribution in [2.45, 2.75) is 45.7 Å². The molecule has 1 unspecified atom stereocenters. The predicted octanol–water partition coefficient (Wildman–Crippen LogP) is 2.82. The van der Waals surface area contributed by atoms with Gasteiger partial charge in [-0.15, -0.1) is 0 Å². The van der Waals surface area contributed by atoms with Crippen molar-refractivity contribution in [2.24, 2.45) is 5.41 Å². The Balaban J connectivity index is 1.82. The molecule has 1 saturated carbocycles. The molecule has 1 heterocycles. The monoisotopic (exact) mass is 230 g/mol. The summed E-state index contributed by atoms with van der Waals surface area (Å²) in [6, 6.07) is 7.03. The Morgan fingerprint density at radius 2 is 2.12 bits per heavy atom. The summed E-state index contributed by atoms with van der Waals surface area (Å²) in [5.74, 6) is 0. The Morgan fingerprint density at radius 1 is 1.35 bits per heavy atom. The highest BCUT2D eigenvalue weighted by atomic mass is 15.2. The van der Waals surface area contributed by atoms with E-state index in [4.69, 9.17) is 5.73 Å². The Morgan fingerprint density at radius 3 is 2.82 bits per heavy atom. The van der Waals surface area contributed by atoms with E-state index >= 15 is 0 Å². The lowest BCUT2D eigenvalue weighted by molar-refractivity contribution is 0.135. The molecule has 92 valence electrons. The van der Waals surface area contributed by atoms with Crippen LogP contribution in [0.2, 0.25) is 0 Å². The summed E-state index contributed by atoms with van der Waals surface area (Å²) in [4.78, 5) is 2.62. The number of rotatable bonds is 2. The highest BCUT2D eigenvalue weighted by molar-refractivity contribution is 5.51. The maximum atomic E-state index is 6.10. The van der Waals surface area contributed by atoms with Gasteiger partial charge < -0.3 is 5.73 Å². The Kier molecular flexibility index (Phi) is 2.44. The summed E-state index contributed by atoms with van der Waals surface area (Å²) in [6.07, 6.45) is 3.93. The molecule has 0 amide bonds. The van der Waals surface area contributed by atoms with Gasteiger partial charge >= 0.3 is 0 Å². The molecule has 3 rings (SSSR count). The van der Waals surface area contributed by atoms with E-state index in [1.165, 1.54) is 30.5 Å². The average Bonchev–Trinajstić information content (AvgIpc) is 3.08. The van der Waals surface area contributed by atoms with Crippen molar-refractivity contribution in [3.8, 4) is 0 Å². The van der Waals surface area contributed by atoms with Crippen LogP contribution in [0.5, 0.6) is 0 Å². The van der Waals surface area contributed by atoms with E-state index in [0.717, 1.165) is 18.7 Å². The predicted molar refractivity (Wildman–Crippen MR) is 71.8 cm³/mol. The number of nitrogens with zero attached hydrogens (tertiary/aromatic N) is 1. The van der Waals surface area contributed by atoms with Gasteiger partial charge in [0.05, 0.1) is 0 Å². The quantitative estimate of drug-likeness (QED) is 0.792. The van der Waals surface area contributed by atoms with Gasteiger partial charge in [-0.2, -0.15) is 0 Å². The number of anilines is 1. The largest absolute Gasteiger partial charge is 0.398 e. The molecule has 0 aromatic heterocycles. The van der Waals surface area contributed by atoms with Crippen molar-refractivity contribution in [3.63, 3.8) is 0 Å². The first kappa shape index (κ1) is 11.1. The molecule has 1 fully saturated rings. The van der Waals surface area contributed by atoms with Crippen LogP contribution >= 0.6 is 0 Å². The van der Waals surface area contributed by atoms with Gasteiger partial charge in [-0.3, -0.25) is 4.90 Å². The minimum atomic E-state index is 0.570. The third-order valence-electron chi connectivity index (χ3n) is 4.93. The molecule has 0 spiro atoms. The van der Waals surface area contributed by atoms with Crippen LogP contribution in [0.15, 0.2) is 18.2 Å². The molecule has 0 saturated heterocycles. The Hall–Kier alpha value is -1.02. The molecule has 1 aromatic carbocycles. The zero-order chi connectivity index (χ0) is 12.0. The maximum Gasteiger partial charge on any atom is 0.0362 e. The van der Waals surface area contributed by atoms with E-state index in [9.17, 15) is 0 Å². The van der Waals surface area contributed by atoms with Crippen molar-refractivity contribution in [3.05, 3.63) is 29.3 Å². The number of hydrogen-bond donors (Lipinski definition) is 1. The van der Waals surface area contributed by atoms with Crippen LogP contribution in [-0.4, -0.2) is 17.5 Å². The summed E-state index contributed by atoms with van der Waals surface area (Å²) in [5, 5.41) is 0. The second-order valence-electron chi connectivity index (χ2n) is 6.04. The molecule has 2 nitrogen and oxygen atoms in total. The lowest BCUT2D eigenvalue weighted by atomic mass is 9.93. The van der Waals surface area contributed by atoms with E-state index in [1.54, 1.807) is 0 Å². The van der Waals surface area contributed by atoms with Crippen LogP contribution in [0, 0.1) is 5.41 Å². The Bertz CT molecular complexity index is 435. The first-order valence-electron chi connectivity index (χ1n) is 6.70. The van der Waals surface area contributed by atoms with Crippen molar-refractivity contribution in [1.29, 1.82) is 0 Å². The smallest absolute Gasteiger partial charge is 0.0362 e.